The van der Waals surface area contributed by atoms with Crippen molar-refractivity contribution in [3.05, 3.63) is 29.8 Å². The van der Waals surface area contributed by atoms with Crippen LogP contribution in [0.5, 0.6) is 5.75 Å². The summed E-state index contributed by atoms with van der Waals surface area (Å²) < 4.78 is 5.21. The van der Waals surface area contributed by atoms with Crippen LogP contribution in [0.1, 0.15) is 52.1 Å². The van der Waals surface area contributed by atoms with Crippen molar-refractivity contribution in [2.75, 3.05) is 14.2 Å². The Morgan fingerprint density at radius 3 is 2.31 bits per heavy atom. The standard InChI is InChI=1S/C20H30N2O4/c1-7-20(18(24)25)12-15(17(23)21-19(2,3)4)16(22(20)5)13-8-10-14(26-6)11-9-13/h8-11,15-16H,7,12H2,1-6H3,(H,21,23)(H,24,25)/t15-,16-,20-/m1/s1. The summed E-state index contributed by atoms with van der Waals surface area (Å²) in [4.78, 5) is 26.9. The van der Waals surface area contributed by atoms with Gasteiger partial charge in [0.25, 0.3) is 0 Å². The predicted molar refractivity (Wildman–Crippen MR) is 100 cm³/mol. The number of ether oxygens (including phenoxy) is 1. The highest BCUT2D eigenvalue weighted by Gasteiger charge is 2.56. The zero-order valence-corrected chi connectivity index (χ0v) is 16.5. The fourth-order valence-corrected chi connectivity index (χ4v) is 3.89. The van der Waals surface area contributed by atoms with E-state index in [0.717, 1.165) is 11.3 Å². The van der Waals surface area contributed by atoms with Crippen molar-refractivity contribution < 1.29 is 19.4 Å². The van der Waals surface area contributed by atoms with Crippen LogP contribution in [-0.4, -0.2) is 47.1 Å². The number of likely N-dealkylation sites (tertiary alicyclic amines) is 1. The number of carbonyl (C=O) groups is 2. The minimum absolute atomic E-state index is 0.109. The maximum atomic E-state index is 13.0. The zero-order chi connectivity index (χ0) is 19.7. The second kappa shape index (κ2) is 7.27. The number of hydrogen-bond donors (Lipinski definition) is 2. The third-order valence-corrected chi connectivity index (χ3v) is 5.31. The molecule has 0 aliphatic carbocycles. The van der Waals surface area contributed by atoms with Crippen LogP contribution in [0, 0.1) is 5.92 Å². The summed E-state index contributed by atoms with van der Waals surface area (Å²) in [5.74, 6) is -0.706. The highest BCUT2D eigenvalue weighted by Crippen LogP contribution is 2.47. The van der Waals surface area contributed by atoms with Crippen molar-refractivity contribution in [1.82, 2.24) is 10.2 Å². The molecule has 6 heteroatoms. The van der Waals surface area contributed by atoms with Gasteiger partial charge >= 0.3 is 5.97 Å². The SMILES string of the molecule is CC[C@]1(C(=O)O)C[C@@H](C(=O)NC(C)(C)C)[C@@H](c2ccc(OC)cc2)N1C. The molecular formula is C20H30N2O4. The number of aliphatic carboxylic acids is 1. The van der Waals surface area contributed by atoms with Gasteiger partial charge in [-0.25, -0.2) is 0 Å². The Bertz CT molecular complexity index is 665. The molecule has 0 aromatic heterocycles. The van der Waals surface area contributed by atoms with E-state index in [1.807, 2.05) is 56.9 Å². The lowest BCUT2D eigenvalue weighted by atomic mass is 9.86. The molecule has 1 amide bonds. The Morgan fingerprint density at radius 2 is 1.88 bits per heavy atom. The number of carboxylic acids is 1. The maximum absolute atomic E-state index is 13.0. The first-order valence-electron chi connectivity index (χ1n) is 8.98. The van der Waals surface area contributed by atoms with E-state index in [2.05, 4.69) is 5.32 Å². The second-order valence-corrected chi connectivity index (χ2v) is 8.07. The van der Waals surface area contributed by atoms with Gasteiger partial charge in [-0.15, -0.1) is 0 Å². The molecule has 1 aromatic rings. The fourth-order valence-electron chi connectivity index (χ4n) is 3.89. The summed E-state index contributed by atoms with van der Waals surface area (Å²) in [5, 5.41) is 12.9. The van der Waals surface area contributed by atoms with Gasteiger partial charge in [-0.1, -0.05) is 19.1 Å². The molecular weight excluding hydrogens is 332 g/mol. The summed E-state index contributed by atoms with van der Waals surface area (Å²) in [5.41, 5.74) is -0.510. The number of amides is 1. The normalized spacial score (nSPS) is 26.5. The summed E-state index contributed by atoms with van der Waals surface area (Å²) >= 11 is 0. The number of benzene rings is 1. The van der Waals surface area contributed by atoms with Crippen molar-refractivity contribution in [3.63, 3.8) is 0 Å². The third-order valence-electron chi connectivity index (χ3n) is 5.31. The molecule has 0 spiro atoms. The van der Waals surface area contributed by atoms with Crippen molar-refractivity contribution >= 4 is 11.9 Å². The van der Waals surface area contributed by atoms with Crippen LogP contribution in [0.4, 0.5) is 0 Å². The largest absolute Gasteiger partial charge is 0.497 e. The number of hydrogen-bond acceptors (Lipinski definition) is 4. The molecule has 0 unspecified atom stereocenters. The number of likely N-dealkylation sites (N-methyl/N-ethyl adjacent to an activating group) is 1. The van der Waals surface area contributed by atoms with Crippen LogP contribution < -0.4 is 10.1 Å². The van der Waals surface area contributed by atoms with E-state index < -0.39 is 17.4 Å². The summed E-state index contributed by atoms with van der Waals surface area (Å²) in [7, 11) is 3.40. The van der Waals surface area contributed by atoms with Gasteiger partial charge in [-0.05, 0) is 58.4 Å². The van der Waals surface area contributed by atoms with Crippen molar-refractivity contribution in [2.45, 2.75) is 57.7 Å². The second-order valence-electron chi connectivity index (χ2n) is 8.07. The van der Waals surface area contributed by atoms with Gasteiger partial charge in [-0.2, -0.15) is 0 Å². The monoisotopic (exact) mass is 362 g/mol. The molecule has 1 aromatic carbocycles. The first-order valence-corrected chi connectivity index (χ1v) is 8.98. The number of carbonyl (C=O) groups excluding carboxylic acids is 1. The minimum Gasteiger partial charge on any atom is -0.497 e. The van der Waals surface area contributed by atoms with Crippen molar-refractivity contribution in [2.24, 2.45) is 5.92 Å². The molecule has 1 heterocycles. The van der Waals surface area contributed by atoms with Gasteiger partial charge in [-0.3, -0.25) is 14.5 Å². The lowest BCUT2D eigenvalue weighted by molar-refractivity contribution is -0.150. The topological polar surface area (TPSA) is 78.9 Å². The highest BCUT2D eigenvalue weighted by molar-refractivity contribution is 5.85. The number of nitrogens with zero attached hydrogens (tertiary/aromatic N) is 1. The van der Waals surface area contributed by atoms with Crippen LogP contribution in [0.3, 0.4) is 0 Å². The maximum Gasteiger partial charge on any atom is 0.324 e. The van der Waals surface area contributed by atoms with E-state index in [0.29, 0.717) is 6.42 Å². The summed E-state index contributed by atoms with van der Waals surface area (Å²) in [6.45, 7) is 7.64. The van der Waals surface area contributed by atoms with Crippen LogP contribution in [-0.2, 0) is 9.59 Å². The molecule has 1 saturated heterocycles. The predicted octanol–water partition coefficient (Wildman–Crippen LogP) is 2.84. The van der Waals surface area contributed by atoms with Gasteiger partial charge in [0.2, 0.25) is 5.91 Å². The smallest absolute Gasteiger partial charge is 0.324 e. The van der Waals surface area contributed by atoms with E-state index in [4.69, 9.17) is 4.74 Å². The average molecular weight is 362 g/mol. The molecule has 0 saturated carbocycles. The molecule has 26 heavy (non-hydrogen) atoms. The van der Waals surface area contributed by atoms with Crippen molar-refractivity contribution in [1.29, 1.82) is 0 Å². The molecule has 3 atom stereocenters. The lowest BCUT2D eigenvalue weighted by Gasteiger charge is -2.34. The Labute approximate surface area is 155 Å². The number of rotatable bonds is 5. The molecule has 0 radical (unpaired) electrons. The van der Waals surface area contributed by atoms with Crippen LogP contribution >= 0.6 is 0 Å². The summed E-state index contributed by atoms with van der Waals surface area (Å²) in [6, 6.07) is 7.19. The van der Waals surface area contributed by atoms with E-state index in [1.54, 1.807) is 14.2 Å². The molecule has 1 aliphatic heterocycles. The number of methoxy groups -OCH3 is 1. The third kappa shape index (κ3) is 3.70. The van der Waals surface area contributed by atoms with E-state index >= 15 is 0 Å². The van der Waals surface area contributed by atoms with Crippen molar-refractivity contribution in [3.8, 4) is 5.75 Å². The minimum atomic E-state index is -1.05. The molecule has 2 N–H and O–H groups in total. The Morgan fingerprint density at radius 1 is 1.31 bits per heavy atom. The fraction of sp³-hybridized carbons (Fsp3) is 0.600. The molecule has 1 fully saturated rings. The van der Waals surface area contributed by atoms with E-state index in [-0.39, 0.29) is 23.9 Å². The van der Waals surface area contributed by atoms with Gasteiger partial charge in [0.05, 0.1) is 13.0 Å². The van der Waals surface area contributed by atoms with Gasteiger partial charge in [0, 0.05) is 11.6 Å². The highest BCUT2D eigenvalue weighted by atomic mass is 16.5. The van der Waals surface area contributed by atoms with Gasteiger partial charge in [0.15, 0.2) is 0 Å². The molecule has 6 nitrogen and oxygen atoms in total. The summed E-state index contributed by atoms with van der Waals surface area (Å²) in [6.07, 6.45) is 0.721. The lowest BCUT2D eigenvalue weighted by Crippen LogP contribution is -2.48. The first kappa shape index (κ1) is 20.2. The Balaban J connectivity index is 2.47. The molecule has 2 rings (SSSR count). The molecule has 1 aliphatic rings. The average Bonchev–Trinajstić information content (AvgIpc) is 2.87. The van der Waals surface area contributed by atoms with Crippen LogP contribution in [0.25, 0.3) is 0 Å². The first-order chi connectivity index (χ1) is 12.1. The quantitative estimate of drug-likeness (QED) is 0.842. The molecule has 0 bridgehead atoms. The Kier molecular flexibility index (Phi) is 5.66. The van der Waals surface area contributed by atoms with E-state index in [1.165, 1.54) is 0 Å². The van der Waals surface area contributed by atoms with Crippen LogP contribution in [0.2, 0.25) is 0 Å². The molecule has 144 valence electrons. The number of carboxylic acid groups (broad SMARTS) is 1. The van der Waals surface area contributed by atoms with Gasteiger partial charge in [0.1, 0.15) is 11.3 Å². The number of nitrogens with one attached hydrogen (secondary N) is 1. The van der Waals surface area contributed by atoms with Crippen LogP contribution in [0.15, 0.2) is 24.3 Å². The van der Waals surface area contributed by atoms with Gasteiger partial charge < -0.3 is 15.2 Å². The zero-order valence-electron chi connectivity index (χ0n) is 16.5. The van der Waals surface area contributed by atoms with E-state index in [9.17, 15) is 14.7 Å². The Hall–Kier alpha value is -2.08.